The second kappa shape index (κ2) is 22.6. The van der Waals surface area contributed by atoms with E-state index in [4.69, 9.17) is 34.2 Å². The number of aliphatic hydroxyl groups is 2. The predicted octanol–water partition coefficient (Wildman–Crippen LogP) is 1.44. The molecule has 4 atom stereocenters. The van der Waals surface area contributed by atoms with Crippen molar-refractivity contribution >= 4 is 5.91 Å². The molecule has 0 aromatic rings. The molecule has 5 N–H and O–H groups in total. The molecule has 4 unspecified atom stereocenters. The molecule has 0 saturated heterocycles. The zero-order valence-corrected chi connectivity index (χ0v) is 23.5. The van der Waals surface area contributed by atoms with Crippen molar-refractivity contribution in [3.05, 3.63) is 12.7 Å². The number of nitrogens with two attached hydrogens (primary N) is 1. The largest absolute Gasteiger partial charge is 0.388 e. The normalized spacial score (nSPS) is 16.4. The van der Waals surface area contributed by atoms with Crippen molar-refractivity contribution in [3.8, 4) is 0 Å². The van der Waals surface area contributed by atoms with Crippen molar-refractivity contribution in [1.29, 1.82) is 0 Å². The fourth-order valence-electron chi connectivity index (χ4n) is 3.15. The monoisotopic (exact) mass is 554 g/mol. The van der Waals surface area contributed by atoms with E-state index in [9.17, 15) is 19.4 Å². The molecule has 0 aromatic carbocycles. The molecule has 1 amide bonds. The van der Waals surface area contributed by atoms with Crippen LogP contribution in [0.15, 0.2) is 12.7 Å². The van der Waals surface area contributed by atoms with Crippen molar-refractivity contribution in [2.75, 3.05) is 72.6 Å². The molecule has 11 nitrogen and oxygen atoms in total. The molecule has 0 heterocycles. The number of ether oxygens (including phenoxy) is 6. The van der Waals surface area contributed by atoms with Gasteiger partial charge in [-0.3, -0.25) is 4.79 Å². The molecule has 226 valence electrons. The Bertz CT molecular complexity index is 597. The van der Waals surface area contributed by atoms with Gasteiger partial charge in [-0.1, -0.05) is 6.08 Å². The third kappa shape index (κ3) is 25.1. The van der Waals surface area contributed by atoms with Gasteiger partial charge in [-0.15, -0.1) is 6.58 Å². The minimum atomic E-state index is -1.78. The smallest absolute Gasteiger partial charge is 0.216 e. The van der Waals surface area contributed by atoms with Crippen LogP contribution in [0.5, 0.6) is 0 Å². The average Bonchev–Trinajstić information content (AvgIpc) is 2.83. The summed E-state index contributed by atoms with van der Waals surface area (Å²) in [6.45, 7) is 11.0. The minimum Gasteiger partial charge on any atom is -0.388 e. The number of amides is 1. The van der Waals surface area contributed by atoms with Gasteiger partial charge in [0.1, 0.15) is 17.9 Å². The number of carbonyl (C=O) groups excluding carboxylic acids is 1. The fraction of sp³-hybridized carbons (Fsp3) is 0.885. The van der Waals surface area contributed by atoms with Gasteiger partial charge in [0, 0.05) is 39.7 Å². The van der Waals surface area contributed by atoms with Gasteiger partial charge in [-0.2, -0.15) is 0 Å². The van der Waals surface area contributed by atoms with Crippen molar-refractivity contribution in [2.45, 2.75) is 76.7 Å². The molecule has 38 heavy (non-hydrogen) atoms. The van der Waals surface area contributed by atoms with E-state index in [-0.39, 0.29) is 45.4 Å². The third-order valence-electron chi connectivity index (χ3n) is 5.09. The van der Waals surface area contributed by atoms with Gasteiger partial charge in [-0.05, 0) is 39.5 Å². The molecule has 0 aliphatic heterocycles. The Labute approximate surface area is 227 Å². The van der Waals surface area contributed by atoms with Gasteiger partial charge in [-0.25, -0.2) is 4.39 Å². The highest BCUT2D eigenvalue weighted by Gasteiger charge is 2.24. The maximum atomic E-state index is 14.5. The second-order valence-electron chi connectivity index (χ2n) is 9.51. The topological polar surface area (TPSA) is 151 Å². The number of nitrogens with one attached hydrogen (secondary N) is 1. The summed E-state index contributed by atoms with van der Waals surface area (Å²) in [5.41, 5.74) is 5.29. The van der Waals surface area contributed by atoms with Crippen LogP contribution in [-0.4, -0.2) is 113 Å². The van der Waals surface area contributed by atoms with E-state index < -0.39 is 23.8 Å². The van der Waals surface area contributed by atoms with Crippen LogP contribution < -0.4 is 11.1 Å². The van der Waals surface area contributed by atoms with Crippen LogP contribution in [0.3, 0.4) is 0 Å². The molecule has 0 spiro atoms. The predicted molar refractivity (Wildman–Crippen MR) is 141 cm³/mol. The molecule has 0 aliphatic carbocycles. The highest BCUT2D eigenvalue weighted by atomic mass is 19.2. The van der Waals surface area contributed by atoms with E-state index in [0.29, 0.717) is 65.3 Å². The molecule has 12 heteroatoms. The first kappa shape index (κ1) is 36.8. The van der Waals surface area contributed by atoms with Gasteiger partial charge in [0.05, 0.1) is 46.2 Å². The van der Waals surface area contributed by atoms with E-state index in [1.54, 1.807) is 13.0 Å². The van der Waals surface area contributed by atoms with Crippen LogP contribution in [0, 0.1) is 0 Å². The summed E-state index contributed by atoms with van der Waals surface area (Å²) in [7, 11) is 0. The van der Waals surface area contributed by atoms with Gasteiger partial charge in [0.15, 0.2) is 0 Å². The average molecular weight is 555 g/mol. The zero-order valence-electron chi connectivity index (χ0n) is 23.5. The van der Waals surface area contributed by atoms with Crippen molar-refractivity contribution in [3.63, 3.8) is 0 Å². The Kier molecular flexibility index (Phi) is 21.9. The van der Waals surface area contributed by atoms with Gasteiger partial charge < -0.3 is 49.7 Å². The molecule has 0 fully saturated rings. The first-order valence-electron chi connectivity index (χ1n) is 13.3. The molecule has 0 radical (unpaired) electrons. The lowest BCUT2D eigenvalue weighted by Crippen LogP contribution is -2.40. The maximum Gasteiger partial charge on any atom is 0.216 e. The van der Waals surface area contributed by atoms with Crippen LogP contribution in [-0.2, 0) is 33.2 Å². The lowest BCUT2D eigenvalue weighted by Gasteiger charge is -2.26. The van der Waals surface area contributed by atoms with Crippen LogP contribution in [0.25, 0.3) is 0 Å². The van der Waals surface area contributed by atoms with Crippen molar-refractivity contribution < 1.29 is 47.8 Å². The van der Waals surface area contributed by atoms with E-state index in [0.717, 1.165) is 0 Å². The Hall–Kier alpha value is -1.22. The third-order valence-corrected chi connectivity index (χ3v) is 5.09. The van der Waals surface area contributed by atoms with Crippen molar-refractivity contribution in [2.24, 2.45) is 5.73 Å². The number of hydrogen-bond acceptors (Lipinski definition) is 10. The van der Waals surface area contributed by atoms with E-state index in [1.807, 2.05) is 0 Å². The Morgan fingerprint density at radius 1 is 0.895 bits per heavy atom. The summed E-state index contributed by atoms with van der Waals surface area (Å²) < 4.78 is 46.7. The SMILES string of the molecule is C=CCOCC(O)COCCCOC(C)(F)CCCOC(C)(N)CCCOCC(O)COCCNC(C)=O. The maximum absolute atomic E-state index is 14.5. The molecule has 0 aromatic heterocycles. The summed E-state index contributed by atoms with van der Waals surface area (Å²) in [4.78, 5) is 10.7. The molecule has 0 aliphatic rings. The summed E-state index contributed by atoms with van der Waals surface area (Å²) in [6.07, 6.45) is 2.42. The Balaban J connectivity index is 3.73. The standard InChI is InChI=1S/C26H51FN2O9/c1-5-12-33-18-23(31)20-35-14-8-16-37-25(3,27)9-6-15-38-26(4,28)10-7-13-34-19-24(32)21-36-17-11-29-22(2)30/h5,23-24,31-32H,1,6-21,28H2,2-4H3,(H,29,30). The molecule has 0 rings (SSSR count). The molecular formula is C26H51FN2O9. The minimum absolute atomic E-state index is 0.124. The Morgan fingerprint density at radius 2 is 1.42 bits per heavy atom. The van der Waals surface area contributed by atoms with Crippen LogP contribution in [0.2, 0.25) is 0 Å². The Morgan fingerprint density at radius 3 is 2.03 bits per heavy atom. The van der Waals surface area contributed by atoms with Gasteiger partial charge in [0.25, 0.3) is 0 Å². The first-order valence-corrected chi connectivity index (χ1v) is 13.3. The van der Waals surface area contributed by atoms with Gasteiger partial charge >= 0.3 is 0 Å². The zero-order chi connectivity index (χ0) is 28.7. The van der Waals surface area contributed by atoms with E-state index in [1.165, 1.54) is 13.8 Å². The number of hydrogen-bond donors (Lipinski definition) is 4. The van der Waals surface area contributed by atoms with Gasteiger partial charge in [0.2, 0.25) is 11.8 Å². The number of halogens is 1. The van der Waals surface area contributed by atoms with Crippen LogP contribution in [0.4, 0.5) is 4.39 Å². The van der Waals surface area contributed by atoms with E-state index in [2.05, 4.69) is 11.9 Å². The van der Waals surface area contributed by atoms with Crippen LogP contribution >= 0.6 is 0 Å². The van der Waals surface area contributed by atoms with E-state index >= 15 is 0 Å². The fourth-order valence-corrected chi connectivity index (χ4v) is 3.15. The first-order chi connectivity index (χ1) is 18.0. The molecule has 0 saturated carbocycles. The summed E-state index contributed by atoms with van der Waals surface area (Å²) in [6, 6.07) is 0. The number of rotatable bonds is 27. The number of carbonyl (C=O) groups is 1. The van der Waals surface area contributed by atoms with Crippen LogP contribution in [0.1, 0.15) is 52.9 Å². The molecule has 0 bridgehead atoms. The molecular weight excluding hydrogens is 503 g/mol. The lowest BCUT2D eigenvalue weighted by atomic mass is 10.1. The summed E-state index contributed by atoms with van der Waals surface area (Å²) in [5, 5.41) is 22.1. The highest BCUT2D eigenvalue weighted by molar-refractivity contribution is 5.72. The summed E-state index contributed by atoms with van der Waals surface area (Å²) >= 11 is 0. The number of aliphatic hydroxyl groups excluding tert-OH is 2. The van der Waals surface area contributed by atoms with Crippen molar-refractivity contribution in [1.82, 2.24) is 5.32 Å². The summed E-state index contributed by atoms with van der Waals surface area (Å²) in [5.74, 6) is -1.91. The lowest BCUT2D eigenvalue weighted by molar-refractivity contribution is -0.144. The number of alkyl halides is 1. The quantitative estimate of drug-likeness (QED) is 0.0667. The second-order valence-corrected chi connectivity index (χ2v) is 9.51. The highest BCUT2D eigenvalue weighted by Crippen LogP contribution is 2.21.